The SMILES string of the molecule is CC(NC(=O)CN1C(=O)NC2(CCCC2)C1=O)c1ccc(-n2ccnc2)cc1. The normalized spacial score (nSPS) is 19.1. The van der Waals surface area contributed by atoms with Crippen molar-refractivity contribution in [2.75, 3.05) is 6.54 Å². The Labute approximate surface area is 162 Å². The van der Waals surface area contributed by atoms with Crippen LogP contribution < -0.4 is 10.6 Å². The van der Waals surface area contributed by atoms with Gasteiger partial charge >= 0.3 is 6.03 Å². The standard InChI is InChI=1S/C20H23N5O3/c1-14(15-4-6-16(7-5-15)24-11-10-21-13-24)22-17(26)12-25-18(27)20(23-19(25)28)8-2-3-9-20/h4-7,10-11,13-14H,2-3,8-9,12H2,1H3,(H,22,26)(H,23,28). The van der Waals surface area contributed by atoms with Crippen LogP contribution in [0.15, 0.2) is 43.0 Å². The third-order valence-corrected chi connectivity index (χ3v) is 5.58. The minimum atomic E-state index is -0.786. The van der Waals surface area contributed by atoms with Crippen molar-refractivity contribution in [1.82, 2.24) is 25.1 Å². The average molecular weight is 381 g/mol. The number of nitrogens with one attached hydrogen (secondary N) is 2. The Hall–Kier alpha value is -3.16. The van der Waals surface area contributed by atoms with Gasteiger partial charge in [0.25, 0.3) is 5.91 Å². The number of benzene rings is 1. The molecule has 4 rings (SSSR count). The summed E-state index contributed by atoms with van der Waals surface area (Å²) in [5.41, 5.74) is 1.12. The van der Waals surface area contributed by atoms with Gasteiger partial charge in [0.1, 0.15) is 12.1 Å². The maximum atomic E-state index is 12.6. The molecule has 1 aromatic carbocycles. The zero-order valence-corrected chi connectivity index (χ0v) is 15.7. The van der Waals surface area contributed by atoms with Gasteiger partial charge < -0.3 is 15.2 Å². The highest BCUT2D eigenvalue weighted by Gasteiger charge is 2.52. The fourth-order valence-electron chi connectivity index (χ4n) is 4.00. The molecule has 1 aliphatic heterocycles. The third kappa shape index (κ3) is 3.26. The Bertz CT molecular complexity index is 885. The van der Waals surface area contributed by atoms with Crippen molar-refractivity contribution in [3.05, 3.63) is 48.5 Å². The van der Waals surface area contributed by atoms with Gasteiger partial charge in [-0.1, -0.05) is 25.0 Å². The lowest BCUT2D eigenvalue weighted by atomic mass is 9.98. The molecular weight excluding hydrogens is 358 g/mol. The molecule has 8 heteroatoms. The van der Waals surface area contributed by atoms with Crippen molar-refractivity contribution in [1.29, 1.82) is 0 Å². The zero-order chi connectivity index (χ0) is 19.7. The number of nitrogens with zero attached hydrogens (tertiary/aromatic N) is 3. The molecule has 8 nitrogen and oxygen atoms in total. The summed E-state index contributed by atoms with van der Waals surface area (Å²) in [6.45, 7) is 1.61. The van der Waals surface area contributed by atoms with Gasteiger partial charge in [-0.05, 0) is 37.5 Å². The van der Waals surface area contributed by atoms with E-state index in [1.54, 1.807) is 12.5 Å². The molecule has 0 bridgehead atoms. The molecule has 28 heavy (non-hydrogen) atoms. The minimum absolute atomic E-state index is 0.245. The molecule has 1 spiro atoms. The number of hydrogen-bond donors (Lipinski definition) is 2. The van der Waals surface area contributed by atoms with Gasteiger partial charge in [-0.15, -0.1) is 0 Å². The first-order valence-electron chi connectivity index (χ1n) is 9.50. The van der Waals surface area contributed by atoms with Crippen LogP contribution in [-0.2, 0) is 9.59 Å². The summed E-state index contributed by atoms with van der Waals surface area (Å²) >= 11 is 0. The maximum Gasteiger partial charge on any atom is 0.325 e. The topological polar surface area (TPSA) is 96.3 Å². The molecule has 1 aromatic heterocycles. The van der Waals surface area contributed by atoms with Gasteiger partial charge in [-0.25, -0.2) is 9.78 Å². The van der Waals surface area contributed by atoms with E-state index < -0.39 is 11.6 Å². The average Bonchev–Trinajstić information content (AvgIpc) is 3.42. The summed E-state index contributed by atoms with van der Waals surface area (Å²) in [5.74, 6) is -0.632. The second-order valence-electron chi connectivity index (χ2n) is 7.46. The summed E-state index contributed by atoms with van der Waals surface area (Å²) in [4.78, 5) is 42.3. The highest BCUT2D eigenvalue weighted by Crippen LogP contribution is 2.34. The zero-order valence-electron chi connectivity index (χ0n) is 15.7. The first kappa shape index (κ1) is 18.2. The van der Waals surface area contributed by atoms with E-state index in [2.05, 4.69) is 15.6 Å². The molecule has 1 unspecified atom stereocenters. The highest BCUT2D eigenvalue weighted by atomic mass is 16.2. The van der Waals surface area contributed by atoms with Crippen LogP contribution in [0.3, 0.4) is 0 Å². The van der Waals surface area contributed by atoms with E-state index in [0.717, 1.165) is 29.0 Å². The van der Waals surface area contributed by atoms with Crippen LogP contribution in [0.1, 0.15) is 44.2 Å². The molecule has 1 atom stereocenters. The molecule has 2 heterocycles. The van der Waals surface area contributed by atoms with Gasteiger partial charge in [0, 0.05) is 18.1 Å². The molecule has 2 N–H and O–H groups in total. The Balaban J connectivity index is 1.37. The van der Waals surface area contributed by atoms with Crippen LogP contribution in [-0.4, -0.2) is 44.4 Å². The van der Waals surface area contributed by atoms with Crippen molar-refractivity contribution in [2.24, 2.45) is 0 Å². The number of amides is 4. The van der Waals surface area contributed by atoms with Gasteiger partial charge in [0.05, 0.1) is 12.4 Å². The number of carbonyl (C=O) groups is 3. The van der Waals surface area contributed by atoms with Crippen LogP contribution in [0, 0.1) is 0 Å². The fourth-order valence-corrected chi connectivity index (χ4v) is 4.00. The molecule has 146 valence electrons. The van der Waals surface area contributed by atoms with E-state index in [0.29, 0.717) is 12.8 Å². The second-order valence-corrected chi connectivity index (χ2v) is 7.46. The van der Waals surface area contributed by atoms with Crippen LogP contribution in [0.25, 0.3) is 5.69 Å². The molecular formula is C20H23N5O3. The molecule has 2 fully saturated rings. The van der Waals surface area contributed by atoms with Crippen LogP contribution in [0.4, 0.5) is 4.79 Å². The van der Waals surface area contributed by atoms with Gasteiger partial charge in [-0.2, -0.15) is 0 Å². The first-order chi connectivity index (χ1) is 13.5. The number of urea groups is 1. The fraction of sp³-hybridized carbons (Fsp3) is 0.400. The van der Waals surface area contributed by atoms with E-state index in [-0.39, 0.29) is 24.4 Å². The van der Waals surface area contributed by atoms with Gasteiger partial charge in [0.15, 0.2) is 0 Å². The van der Waals surface area contributed by atoms with E-state index in [1.807, 2.05) is 42.0 Å². The smallest absolute Gasteiger partial charge is 0.325 e. The summed E-state index contributed by atoms with van der Waals surface area (Å²) in [7, 11) is 0. The number of aromatic nitrogens is 2. The minimum Gasteiger partial charge on any atom is -0.348 e. The lowest BCUT2D eigenvalue weighted by Gasteiger charge is -2.20. The lowest BCUT2D eigenvalue weighted by molar-refractivity contribution is -0.135. The van der Waals surface area contributed by atoms with Crippen LogP contribution >= 0.6 is 0 Å². The quantitative estimate of drug-likeness (QED) is 0.774. The number of imide groups is 1. The second kappa shape index (κ2) is 7.10. The molecule has 2 aliphatic rings. The van der Waals surface area contributed by atoms with Crippen molar-refractivity contribution < 1.29 is 14.4 Å². The Morgan fingerprint density at radius 2 is 1.96 bits per heavy atom. The third-order valence-electron chi connectivity index (χ3n) is 5.58. The molecule has 2 aromatic rings. The van der Waals surface area contributed by atoms with E-state index in [4.69, 9.17) is 0 Å². The Morgan fingerprint density at radius 1 is 1.25 bits per heavy atom. The van der Waals surface area contributed by atoms with E-state index in [1.165, 1.54) is 0 Å². The summed E-state index contributed by atoms with van der Waals surface area (Å²) < 4.78 is 1.89. The van der Waals surface area contributed by atoms with Crippen molar-refractivity contribution >= 4 is 17.8 Å². The Morgan fingerprint density at radius 3 is 2.61 bits per heavy atom. The Kier molecular flexibility index (Phi) is 4.62. The number of imidazole rings is 1. The van der Waals surface area contributed by atoms with E-state index >= 15 is 0 Å². The first-order valence-corrected chi connectivity index (χ1v) is 9.50. The van der Waals surface area contributed by atoms with Crippen molar-refractivity contribution in [3.8, 4) is 5.69 Å². The highest BCUT2D eigenvalue weighted by molar-refractivity contribution is 6.09. The molecule has 1 aliphatic carbocycles. The molecule has 4 amide bonds. The monoisotopic (exact) mass is 381 g/mol. The molecule has 0 radical (unpaired) electrons. The summed E-state index contributed by atoms with van der Waals surface area (Å²) in [6, 6.07) is 7.04. The largest absolute Gasteiger partial charge is 0.348 e. The van der Waals surface area contributed by atoms with Crippen molar-refractivity contribution in [2.45, 2.75) is 44.2 Å². The summed E-state index contributed by atoms with van der Waals surface area (Å²) in [6.07, 6.45) is 8.41. The number of carbonyl (C=O) groups excluding carboxylic acids is 3. The van der Waals surface area contributed by atoms with Crippen molar-refractivity contribution in [3.63, 3.8) is 0 Å². The molecule has 1 saturated heterocycles. The maximum absolute atomic E-state index is 12.6. The van der Waals surface area contributed by atoms with E-state index in [9.17, 15) is 14.4 Å². The lowest BCUT2D eigenvalue weighted by Crippen LogP contribution is -2.45. The van der Waals surface area contributed by atoms with Gasteiger partial charge in [-0.3, -0.25) is 14.5 Å². The molecule has 1 saturated carbocycles. The van der Waals surface area contributed by atoms with Gasteiger partial charge in [0.2, 0.25) is 5.91 Å². The van der Waals surface area contributed by atoms with Crippen LogP contribution in [0.2, 0.25) is 0 Å². The predicted octanol–water partition coefficient (Wildman–Crippen LogP) is 1.91. The number of rotatable bonds is 5. The van der Waals surface area contributed by atoms with Crippen LogP contribution in [0.5, 0.6) is 0 Å². The number of hydrogen-bond acceptors (Lipinski definition) is 4. The predicted molar refractivity (Wildman–Crippen MR) is 102 cm³/mol. The summed E-state index contributed by atoms with van der Waals surface area (Å²) in [5, 5.41) is 5.65.